The third-order valence-electron chi connectivity index (χ3n) is 4.18. The lowest BCUT2D eigenvalue weighted by atomic mass is 10.0. The Kier molecular flexibility index (Phi) is 6.49. The molecule has 0 amide bonds. The molecule has 1 saturated heterocycles. The normalized spacial score (nSPS) is 21.2. The number of nitrogens with one attached hydrogen (secondary N) is 1. The number of likely N-dealkylation sites (N-methyl/N-ethyl adjacent to an activating group) is 1. The van der Waals surface area contributed by atoms with E-state index in [-0.39, 0.29) is 0 Å². The molecule has 1 heterocycles. The third kappa shape index (κ3) is 4.70. The van der Waals surface area contributed by atoms with Gasteiger partial charge in [-0.05, 0) is 51.1 Å². The van der Waals surface area contributed by atoms with Crippen molar-refractivity contribution in [1.29, 1.82) is 0 Å². The summed E-state index contributed by atoms with van der Waals surface area (Å²) in [6.07, 6.45) is 2.79. The highest BCUT2D eigenvalue weighted by Crippen LogP contribution is 2.21. The van der Waals surface area contributed by atoms with Gasteiger partial charge in [0.15, 0.2) is 0 Å². The van der Waals surface area contributed by atoms with Crippen molar-refractivity contribution in [2.75, 3.05) is 40.4 Å². The summed E-state index contributed by atoms with van der Waals surface area (Å²) in [7, 11) is 3.84. The minimum absolute atomic E-state index is 0.344. The van der Waals surface area contributed by atoms with Gasteiger partial charge in [-0.15, -0.1) is 0 Å². The summed E-state index contributed by atoms with van der Waals surface area (Å²) < 4.78 is 11.0. The fourth-order valence-electron chi connectivity index (χ4n) is 2.96. The Morgan fingerprint density at radius 2 is 2.10 bits per heavy atom. The molecule has 0 aromatic heterocycles. The van der Waals surface area contributed by atoms with Crippen LogP contribution >= 0.6 is 0 Å². The molecule has 1 aliphatic heterocycles. The van der Waals surface area contributed by atoms with E-state index in [4.69, 9.17) is 9.47 Å². The van der Waals surface area contributed by atoms with Gasteiger partial charge in [0.2, 0.25) is 0 Å². The maximum absolute atomic E-state index is 5.51. The fourth-order valence-corrected chi connectivity index (χ4v) is 2.96. The first kappa shape index (κ1) is 16.3. The SMILES string of the molecule is CCOc1ccc(C(CN2CCCC(OC)C2)NC)cc1. The van der Waals surface area contributed by atoms with Crippen molar-refractivity contribution in [3.8, 4) is 5.75 Å². The lowest BCUT2D eigenvalue weighted by molar-refractivity contribution is 0.0283. The van der Waals surface area contributed by atoms with Crippen LogP contribution < -0.4 is 10.1 Å². The summed E-state index contributed by atoms with van der Waals surface area (Å²) in [4.78, 5) is 2.50. The van der Waals surface area contributed by atoms with Gasteiger partial charge in [0.05, 0.1) is 12.7 Å². The molecular weight excluding hydrogens is 264 g/mol. The molecule has 0 bridgehead atoms. The Morgan fingerprint density at radius 1 is 1.33 bits per heavy atom. The Bertz CT molecular complexity index is 408. The Hall–Kier alpha value is -1.10. The van der Waals surface area contributed by atoms with Gasteiger partial charge < -0.3 is 14.8 Å². The molecule has 2 unspecified atom stereocenters. The van der Waals surface area contributed by atoms with Gasteiger partial charge in [-0.3, -0.25) is 4.90 Å². The average molecular weight is 292 g/mol. The van der Waals surface area contributed by atoms with Gasteiger partial charge in [-0.1, -0.05) is 12.1 Å². The first-order valence-electron chi connectivity index (χ1n) is 7.92. The van der Waals surface area contributed by atoms with Crippen LogP contribution in [0.3, 0.4) is 0 Å². The molecule has 0 radical (unpaired) electrons. The van der Waals surface area contributed by atoms with E-state index < -0.39 is 0 Å². The van der Waals surface area contributed by atoms with Crippen molar-refractivity contribution >= 4 is 0 Å². The zero-order chi connectivity index (χ0) is 15.1. The minimum atomic E-state index is 0.344. The molecule has 1 aliphatic rings. The van der Waals surface area contributed by atoms with E-state index in [0.29, 0.717) is 18.8 Å². The monoisotopic (exact) mass is 292 g/mol. The van der Waals surface area contributed by atoms with Crippen molar-refractivity contribution in [3.05, 3.63) is 29.8 Å². The van der Waals surface area contributed by atoms with Crippen molar-refractivity contribution < 1.29 is 9.47 Å². The number of benzene rings is 1. The molecule has 4 heteroatoms. The summed E-state index contributed by atoms with van der Waals surface area (Å²) in [5, 5.41) is 3.43. The molecule has 0 saturated carbocycles. The molecule has 21 heavy (non-hydrogen) atoms. The van der Waals surface area contributed by atoms with E-state index in [0.717, 1.165) is 25.4 Å². The molecule has 4 nitrogen and oxygen atoms in total. The summed E-state index contributed by atoms with van der Waals surface area (Å²) in [6.45, 7) is 5.93. The van der Waals surface area contributed by atoms with Crippen LogP contribution in [0.25, 0.3) is 0 Å². The van der Waals surface area contributed by atoms with Gasteiger partial charge in [0, 0.05) is 26.2 Å². The van der Waals surface area contributed by atoms with Gasteiger partial charge in [-0.2, -0.15) is 0 Å². The predicted molar refractivity (Wildman–Crippen MR) is 85.9 cm³/mol. The number of likely N-dealkylation sites (tertiary alicyclic amines) is 1. The fraction of sp³-hybridized carbons (Fsp3) is 0.647. The largest absolute Gasteiger partial charge is 0.494 e. The Balaban J connectivity index is 1.95. The van der Waals surface area contributed by atoms with E-state index in [9.17, 15) is 0 Å². The van der Waals surface area contributed by atoms with Crippen LogP contribution in [-0.2, 0) is 4.74 Å². The van der Waals surface area contributed by atoms with Crippen molar-refractivity contribution in [2.45, 2.75) is 31.9 Å². The predicted octanol–water partition coefficient (Wildman–Crippen LogP) is 2.46. The van der Waals surface area contributed by atoms with Crippen molar-refractivity contribution in [3.63, 3.8) is 0 Å². The minimum Gasteiger partial charge on any atom is -0.494 e. The summed E-state index contributed by atoms with van der Waals surface area (Å²) >= 11 is 0. The molecule has 0 aliphatic carbocycles. The third-order valence-corrected chi connectivity index (χ3v) is 4.18. The topological polar surface area (TPSA) is 33.7 Å². The zero-order valence-electron chi connectivity index (χ0n) is 13.5. The number of rotatable bonds is 7. The van der Waals surface area contributed by atoms with E-state index in [1.807, 2.05) is 21.1 Å². The molecule has 1 fully saturated rings. The molecule has 2 atom stereocenters. The molecule has 1 aromatic carbocycles. The summed E-state index contributed by atoms with van der Waals surface area (Å²) in [5.41, 5.74) is 1.31. The van der Waals surface area contributed by atoms with Crippen LogP contribution in [0.1, 0.15) is 31.4 Å². The molecule has 118 valence electrons. The quantitative estimate of drug-likeness (QED) is 0.837. The number of hydrogen-bond acceptors (Lipinski definition) is 4. The van der Waals surface area contributed by atoms with Crippen molar-refractivity contribution in [2.24, 2.45) is 0 Å². The highest BCUT2D eigenvalue weighted by atomic mass is 16.5. The lowest BCUT2D eigenvalue weighted by Gasteiger charge is -2.34. The van der Waals surface area contributed by atoms with E-state index in [1.54, 1.807) is 0 Å². The highest BCUT2D eigenvalue weighted by molar-refractivity contribution is 5.29. The van der Waals surface area contributed by atoms with Crippen LogP contribution in [0.5, 0.6) is 5.75 Å². The van der Waals surface area contributed by atoms with E-state index >= 15 is 0 Å². The molecule has 1 N–H and O–H groups in total. The average Bonchev–Trinajstić information content (AvgIpc) is 2.54. The van der Waals surface area contributed by atoms with Crippen LogP contribution in [-0.4, -0.2) is 51.4 Å². The smallest absolute Gasteiger partial charge is 0.119 e. The highest BCUT2D eigenvalue weighted by Gasteiger charge is 2.22. The van der Waals surface area contributed by atoms with Crippen LogP contribution in [0, 0.1) is 0 Å². The van der Waals surface area contributed by atoms with E-state index in [2.05, 4.69) is 34.5 Å². The van der Waals surface area contributed by atoms with Crippen molar-refractivity contribution in [1.82, 2.24) is 10.2 Å². The summed E-state index contributed by atoms with van der Waals surface area (Å²) in [5.74, 6) is 0.938. The molecular formula is C17H28N2O2. The Morgan fingerprint density at radius 3 is 2.71 bits per heavy atom. The van der Waals surface area contributed by atoms with E-state index in [1.165, 1.54) is 18.4 Å². The number of piperidine rings is 1. The van der Waals surface area contributed by atoms with Crippen LogP contribution in [0.4, 0.5) is 0 Å². The van der Waals surface area contributed by atoms with Gasteiger partial charge >= 0.3 is 0 Å². The van der Waals surface area contributed by atoms with Gasteiger partial charge in [-0.25, -0.2) is 0 Å². The maximum Gasteiger partial charge on any atom is 0.119 e. The van der Waals surface area contributed by atoms with Gasteiger partial charge in [0.1, 0.15) is 5.75 Å². The standard InChI is InChI=1S/C17H28N2O2/c1-4-21-15-9-7-14(8-10-15)17(18-2)13-19-11-5-6-16(12-19)20-3/h7-10,16-18H,4-6,11-13H2,1-3H3. The number of ether oxygens (including phenoxy) is 2. The first-order valence-corrected chi connectivity index (χ1v) is 7.92. The molecule has 1 aromatic rings. The lowest BCUT2D eigenvalue weighted by Crippen LogP contribution is -2.43. The number of methoxy groups -OCH3 is 1. The second-order valence-electron chi connectivity index (χ2n) is 5.60. The van der Waals surface area contributed by atoms with Gasteiger partial charge in [0.25, 0.3) is 0 Å². The second kappa shape index (κ2) is 8.37. The van der Waals surface area contributed by atoms with Crippen LogP contribution in [0.15, 0.2) is 24.3 Å². The van der Waals surface area contributed by atoms with Crippen LogP contribution in [0.2, 0.25) is 0 Å². The number of nitrogens with zero attached hydrogens (tertiary/aromatic N) is 1. The summed E-state index contributed by atoms with van der Waals surface area (Å²) in [6, 6.07) is 8.76. The first-order chi connectivity index (χ1) is 10.3. The second-order valence-corrected chi connectivity index (χ2v) is 5.60. The number of hydrogen-bond donors (Lipinski definition) is 1. The zero-order valence-corrected chi connectivity index (χ0v) is 13.5. The maximum atomic E-state index is 5.51. The molecule has 2 rings (SSSR count). The Labute approximate surface area is 128 Å². The molecule has 0 spiro atoms.